The Kier molecular flexibility index (Phi) is 3.05. The summed E-state index contributed by atoms with van der Waals surface area (Å²) in [6.45, 7) is 0. The van der Waals surface area contributed by atoms with Gasteiger partial charge >= 0.3 is 12.1 Å². The lowest BCUT2D eigenvalue weighted by Gasteiger charge is -2.08. The molecule has 0 aliphatic carbocycles. The number of nitrogens with zero attached hydrogens (tertiary/aromatic N) is 2. The van der Waals surface area contributed by atoms with Gasteiger partial charge in [-0.2, -0.15) is 18.3 Å². The van der Waals surface area contributed by atoms with Crippen molar-refractivity contribution in [2.45, 2.75) is 6.18 Å². The van der Waals surface area contributed by atoms with E-state index in [2.05, 4.69) is 5.10 Å². The van der Waals surface area contributed by atoms with Crippen LogP contribution in [0.2, 0.25) is 0 Å². The first-order chi connectivity index (χ1) is 8.47. The molecular formula is C11H8F3N3O. The fourth-order valence-electron chi connectivity index (χ4n) is 1.32. The Morgan fingerprint density at radius 1 is 1.22 bits per heavy atom. The van der Waals surface area contributed by atoms with E-state index in [4.69, 9.17) is 0 Å². The second kappa shape index (κ2) is 4.52. The minimum absolute atomic E-state index is 0.0771. The van der Waals surface area contributed by atoms with E-state index in [1.807, 2.05) is 0 Å². The maximum Gasteiger partial charge on any atom is 0.471 e. The molecule has 1 amide bonds. The van der Waals surface area contributed by atoms with Gasteiger partial charge in [0.2, 0.25) is 0 Å². The fraction of sp³-hybridized carbons (Fsp3) is 0.0909. The maximum absolute atomic E-state index is 12.0. The Morgan fingerprint density at radius 2 is 1.89 bits per heavy atom. The molecular weight excluding hydrogens is 247 g/mol. The van der Waals surface area contributed by atoms with E-state index in [0.717, 1.165) is 0 Å². The minimum atomic E-state index is -4.89. The molecule has 0 saturated heterocycles. The summed E-state index contributed by atoms with van der Waals surface area (Å²) in [4.78, 5) is 10.7. The van der Waals surface area contributed by atoms with Crippen LogP contribution in [0, 0.1) is 0 Å². The molecule has 0 unspecified atom stereocenters. The number of halogens is 3. The molecule has 0 aliphatic heterocycles. The highest BCUT2D eigenvalue weighted by atomic mass is 19.4. The first-order valence-corrected chi connectivity index (χ1v) is 4.95. The molecule has 7 heteroatoms. The lowest BCUT2D eigenvalue weighted by atomic mass is 10.3. The van der Waals surface area contributed by atoms with Crippen LogP contribution in [0.4, 0.5) is 18.9 Å². The molecule has 0 spiro atoms. The quantitative estimate of drug-likeness (QED) is 0.895. The van der Waals surface area contributed by atoms with Gasteiger partial charge in [0.1, 0.15) is 0 Å². The summed E-state index contributed by atoms with van der Waals surface area (Å²) in [5.41, 5.74) is 0.762. The molecule has 1 N–H and O–H groups in total. The van der Waals surface area contributed by atoms with Crippen molar-refractivity contribution in [2.24, 2.45) is 0 Å². The Bertz CT molecular complexity index is 532. The normalized spacial score (nSPS) is 11.3. The predicted molar refractivity (Wildman–Crippen MR) is 58.2 cm³/mol. The van der Waals surface area contributed by atoms with E-state index in [0.29, 0.717) is 5.69 Å². The SMILES string of the molecule is O=C(Nc1ccc(-n2cccn2)cc1)C(F)(F)F. The first kappa shape index (κ1) is 12.2. The second-order valence-electron chi connectivity index (χ2n) is 3.45. The summed E-state index contributed by atoms with van der Waals surface area (Å²) in [5, 5.41) is 5.73. The van der Waals surface area contributed by atoms with Crippen molar-refractivity contribution in [1.82, 2.24) is 9.78 Å². The van der Waals surface area contributed by atoms with Crippen LogP contribution in [0.1, 0.15) is 0 Å². The van der Waals surface area contributed by atoms with Gasteiger partial charge in [-0.1, -0.05) is 0 Å². The molecule has 0 saturated carbocycles. The van der Waals surface area contributed by atoms with Crippen LogP contribution in [0.3, 0.4) is 0 Å². The Hall–Kier alpha value is -2.31. The standard InChI is InChI=1S/C11H8F3N3O/c12-11(13,14)10(18)16-8-2-4-9(5-3-8)17-7-1-6-15-17/h1-7H,(H,16,18). The Balaban J connectivity index is 2.12. The van der Waals surface area contributed by atoms with Gasteiger partial charge in [0.25, 0.3) is 0 Å². The smallest absolute Gasteiger partial charge is 0.318 e. The largest absolute Gasteiger partial charge is 0.471 e. The highest BCUT2D eigenvalue weighted by molar-refractivity contribution is 5.94. The second-order valence-corrected chi connectivity index (χ2v) is 3.45. The van der Waals surface area contributed by atoms with E-state index in [1.165, 1.54) is 12.1 Å². The van der Waals surface area contributed by atoms with Gasteiger partial charge in [-0.25, -0.2) is 4.68 Å². The van der Waals surface area contributed by atoms with Crippen molar-refractivity contribution in [2.75, 3.05) is 5.32 Å². The van der Waals surface area contributed by atoms with Crippen LogP contribution in [-0.4, -0.2) is 21.9 Å². The number of amides is 1. The monoisotopic (exact) mass is 255 g/mol. The van der Waals surface area contributed by atoms with Crippen molar-refractivity contribution in [3.05, 3.63) is 42.7 Å². The highest BCUT2D eigenvalue weighted by Crippen LogP contribution is 2.19. The fourth-order valence-corrected chi connectivity index (χ4v) is 1.32. The van der Waals surface area contributed by atoms with Gasteiger partial charge in [0.15, 0.2) is 0 Å². The zero-order chi connectivity index (χ0) is 13.2. The van der Waals surface area contributed by atoms with Gasteiger partial charge in [-0.3, -0.25) is 4.79 Å². The molecule has 0 fully saturated rings. The van der Waals surface area contributed by atoms with E-state index < -0.39 is 12.1 Å². The molecule has 4 nitrogen and oxygen atoms in total. The number of carbonyl (C=O) groups is 1. The van der Waals surface area contributed by atoms with Gasteiger partial charge in [0, 0.05) is 18.1 Å². The van der Waals surface area contributed by atoms with E-state index in [9.17, 15) is 18.0 Å². The number of hydrogen-bond acceptors (Lipinski definition) is 2. The minimum Gasteiger partial charge on any atom is -0.318 e. The number of anilines is 1. The van der Waals surface area contributed by atoms with Crippen LogP contribution in [0.15, 0.2) is 42.7 Å². The molecule has 1 heterocycles. The maximum atomic E-state index is 12.0. The third-order valence-electron chi connectivity index (χ3n) is 2.15. The van der Waals surface area contributed by atoms with Gasteiger partial charge in [-0.15, -0.1) is 0 Å². The lowest BCUT2D eigenvalue weighted by Crippen LogP contribution is -2.29. The number of alkyl halides is 3. The highest BCUT2D eigenvalue weighted by Gasteiger charge is 2.38. The topological polar surface area (TPSA) is 46.9 Å². The summed E-state index contributed by atoms with van der Waals surface area (Å²) >= 11 is 0. The molecule has 0 aliphatic rings. The van der Waals surface area contributed by atoms with Crippen LogP contribution < -0.4 is 5.32 Å². The number of hydrogen-bond donors (Lipinski definition) is 1. The first-order valence-electron chi connectivity index (χ1n) is 4.95. The number of carbonyl (C=O) groups excluding carboxylic acids is 1. The average Bonchev–Trinajstić information content (AvgIpc) is 2.82. The van der Waals surface area contributed by atoms with E-state index in [-0.39, 0.29) is 5.69 Å². The van der Waals surface area contributed by atoms with Crippen LogP contribution >= 0.6 is 0 Å². The molecule has 94 valence electrons. The average molecular weight is 255 g/mol. The molecule has 2 aromatic rings. The van der Waals surface area contributed by atoms with Gasteiger partial charge < -0.3 is 5.32 Å². The molecule has 0 bridgehead atoms. The molecule has 1 aromatic carbocycles. The van der Waals surface area contributed by atoms with Gasteiger partial charge in [0.05, 0.1) is 5.69 Å². The number of benzene rings is 1. The number of rotatable bonds is 2. The number of nitrogens with one attached hydrogen (secondary N) is 1. The lowest BCUT2D eigenvalue weighted by molar-refractivity contribution is -0.167. The zero-order valence-electron chi connectivity index (χ0n) is 8.98. The molecule has 0 radical (unpaired) electrons. The molecule has 0 atom stereocenters. The summed E-state index contributed by atoms with van der Waals surface area (Å²) in [6, 6.07) is 7.58. The van der Waals surface area contributed by atoms with Crippen molar-refractivity contribution in [3.8, 4) is 5.69 Å². The molecule has 2 rings (SSSR count). The van der Waals surface area contributed by atoms with Crippen LogP contribution in [0.5, 0.6) is 0 Å². The van der Waals surface area contributed by atoms with Crippen molar-refractivity contribution < 1.29 is 18.0 Å². The zero-order valence-corrected chi connectivity index (χ0v) is 8.98. The van der Waals surface area contributed by atoms with E-state index >= 15 is 0 Å². The molecule has 18 heavy (non-hydrogen) atoms. The van der Waals surface area contributed by atoms with Crippen molar-refractivity contribution in [3.63, 3.8) is 0 Å². The summed E-state index contributed by atoms with van der Waals surface area (Å²) in [7, 11) is 0. The summed E-state index contributed by atoms with van der Waals surface area (Å²) < 4.78 is 37.6. The summed E-state index contributed by atoms with van der Waals surface area (Å²) in [5.74, 6) is -1.99. The third kappa shape index (κ3) is 2.68. The molecule has 1 aromatic heterocycles. The van der Waals surface area contributed by atoms with Gasteiger partial charge in [-0.05, 0) is 30.3 Å². The van der Waals surface area contributed by atoms with E-state index in [1.54, 1.807) is 40.6 Å². The summed E-state index contributed by atoms with van der Waals surface area (Å²) in [6.07, 6.45) is -1.61. The third-order valence-corrected chi connectivity index (χ3v) is 2.15. The van der Waals surface area contributed by atoms with Crippen molar-refractivity contribution >= 4 is 11.6 Å². The van der Waals surface area contributed by atoms with Crippen LogP contribution in [-0.2, 0) is 4.79 Å². The van der Waals surface area contributed by atoms with Crippen LogP contribution in [0.25, 0.3) is 5.69 Å². The Labute approximate surface area is 100 Å². The predicted octanol–water partition coefficient (Wildman–Crippen LogP) is 2.37. The van der Waals surface area contributed by atoms with Crippen molar-refractivity contribution in [1.29, 1.82) is 0 Å². The Morgan fingerprint density at radius 3 is 2.39 bits per heavy atom. The number of aromatic nitrogens is 2.